The molecule has 1 aliphatic rings. The lowest BCUT2D eigenvalue weighted by molar-refractivity contribution is 0.0750. The van der Waals surface area contributed by atoms with E-state index in [9.17, 15) is 4.79 Å². The monoisotopic (exact) mass is 338 g/mol. The van der Waals surface area contributed by atoms with Gasteiger partial charge in [0, 0.05) is 5.41 Å². The number of Topliss-reactive ketones (excluding diaryl/α,β-unsaturated/α-hetero) is 1. The van der Waals surface area contributed by atoms with Crippen LogP contribution in [0.4, 0.5) is 0 Å². The first-order valence-electron chi connectivity index (χ1n) is 6.24. The zero-order valence-corrected chi connectivity index (χ0v) is 13.6. The van der Waals surface area contributed by atoms with Crippen LogP contribution in [0.2, 0.25) is 20.1 Å². The van der Waals surface area contributed by atoms with Gasteiger partial charge in [0.25, 0.3) is 0 Å². The van der Waals surface area contributed by atoms with E-state index in [0.717, 1.165) is 25.7 Å². The number of benzene rings is 1. The summed E-state index contributed by atoms with van der Waals surface area (Å²) in [4.78, 5) is 12.8. The van der Waals surface area contributed by atoms with E-state index in [1.807, 2.05) is 6.92 Å². The fourth-order valence-corrected chi connectivity index (χ4v) is 3.72. The number of ketones is 1. The van der Waals surface area contributed by atoms with Gasteiger partial charge in [-0.2, -0.15) is 0 Å². The number of carbonyl (C=O) groups is 1. The van der Waals surface area contributed by atoms with E-state index in [-0.39, 0.29) is 25.9 Å². The predicted octanol–water partition coefficient (Wildman–Crippen LogP) is 6.45. The Hall–Kier alpha value is 0.0500. The van der Waals surface area contributed by atoms with Crippen molar-refractivity contribution in [2.45, 2.75) is 39.0 Å². The molecule has 1 aromatic rings. The van der Waals surface area contributed by atoms with E-state index in [4.69, 9.17) is 46.4 Å². The van der Waals surface area contributed by atoms with Crippen molar-refractivity contribution in [2.75, 3.05) is 0 Å². The molecule has 0 unspecified atom stereocenters. The molecule has 1 nitrogen and oxygen atoms in total. The molecular weight excluding hydrogens is 326 g/mol. The van der Waals surface area contributed by atoms with E-state index in [1.165, 1.54) is 12.5 Å². The van der Waals surface area contributed by atoms with Crippen LogP contribution in [0.1, 0.15) is 49.4 Å². The third-order valence-electron chi connectivity index (χ3n) is 3.85. The molecule has 0 aromatic heterocycles. The molecule has 0 atom stereocenters. The van der Waals surface area contributed by atoms with Crippen LogP contribution >= 0.6 is 46.4 Å². The van der Waals surface area contributed by atoms with Crippen LogP contribution in [0.25, 0.3) is 0 Å². The standard InChI is InChI=1S/C14H14Cl4O/c1-14(5-3-2-4-6-14)13(19)10-8(15)7-9(16)11(17)12(10)18/h7H,2-6H2,1H3. The van der Waals surface area contributed by atoms with E-state index in [2.05, 4.69) is 0 Å². The summed E-state index contributed by atoms with van der Waals surface area (Å²) < 4.78 is 0. The fraction of sp³-hybridized carbons (Fsp3) is 0.500. The van der Waals surface area contributed by atoms with Gasteiger partial charge in [-0.05, 0) is 18.9 Å². The van der Waals surface area contributed by atoms with E-state index in [0.29, 0.717) is 5.56 Å². The van der Waals surface area contributed by atoms with Crippen LogP contribution < -0.4 is 0 Å². The second-order valence-corrected chi connectivity index (χ2v) is 6.86. The Balaban J connectivity index is 2.47. The average molecular weight is 340 g/mol. The molecule has 2 rings (SSSR count). The van der Waals surface area contributed by atoms with Crippen molar-refractivity contribution in [1.82, 2.24) is 0 Å². The molecule has 5 heteroatoms. The van der Waals surface area contributed by atoms with Gasteiger partial charge < -0.3 is 0 Å². The van der Waals surface area contributed by atoms with E-state index < -0.39 is 5.41 Å². The summed E-state index contributed by atoms with van der Waals surface area (Å²) in [7, 11) is 0. The lowest BCUT2D eigenvalue weighted by atomic mass is 9.71. The largest absolute Gasteiger partial charge is 0.293 e. The lowest BCUT2D eigenvalue weighted by Gasteiger charge is -2.32. The maximum absolute atomic E-state index is 12.8. The molecule has 1 fully saturated rings. The fourth-order valence-electron chi connectivity index (χ4n) is 2.64. The number of halogens is 4. The molecule has 0 spiro atoms. The number of rotatable bonds is 2. The smallest absolute Gasteiger partial charge is 0.171 e. The van der Waals surface area contributed by atoms with Crippen LogP contribution in [0.5, 0.6) is 0 Å². The Morgan fingerprint density at radius 3 is 2.16 bits per heavy atom. The molecule has 0 heterocycles. The normalized spacial score (nSPS) is 18.4. The van der Waals surface area contributed by atoms with Crippen molar-refractivity contribution in [3.8, 4) is 0 Å². The van der Waals surface area contributed by atoms with Gasteiger partial charge in [-0.25, -0.2) is 0 Å². The third kappa shape index (κ3) is 2.90. The van der Waals surface area contributed by atoms with Crippen LogP contribution in [0.15, 0.2) is 6.07 Å². The molecule has 1 aromatic carbocycles. The molecule has 1 aliphatic carbocycles. The second-order valence-electron chi connectivity index (χ2n) is 5.29. The highest BCUT2D eigenvalue weighted by atomic mass is 35.5. The molecule has 0 radical (unpaired) electrons. The molecular formula is C14H14Cl4O. The zero-order valence-electron chi connectivity index (χ0n) is 10.5. The predicted molar refractivity (Wildman–Crippen MR) is 82.0 cm³/mol. The summed E-state index contributed by atoms with van der Waals surface area (Å²) in [6.45, 7) is 1.98. The molecule has 19 heavy (non-hydrogen) atoms. The highest BCUT2D eigenvalue weighted by Gasteiger charge is 2.37. The third-order valence-corrected chi connectivity index (χ3v) is 5.41. The van der Waals surface area contributed by atoms with Gasteiger partial charge in [0.15, 0.2) is 5.78 Å². The highest BCUT2D eigenvalue weighted by Crippen LogP contribution is 2.44. The first kappa shape index (κ1) is 15.4. The Morgan fingerprint density at radius 2 is 1.58 bits per heavy atom. The molecule has 104 valence electrons. The van der Waals surface area contributed by atoms with Crippen molar-refractivity contribution >= 4 is 52.2 Å². The summed E-state index contributed by atoms with van der Waals surface area (Å²) in [5.41, 5.74) is -0.0926. The first-order chi connectivity index (χ1) is 8.87. The first-order valence-corrected chi connectivity index (χ1v) is 7.76. The van der Waals surface area contributed by atoms with Crippen LogP contribution in [-0.4, -0.2) is 5.78 Å². The number of hydrogen-bond donors (Lipinski definition) is 0. The minimum Gasteiger partial charge on any atom is -0.293 e. The minimum absolute atomic E-state index is 0.0271. The van der Waals surface area contributed by atoms with Gasteiger partial charge in [0.2, 0.25) is 0 Å². The second kappa shape index (κ2) is 5.81. The SMILES string of the molecule is CC1(C(=O)c2c(Cl)cc(Cl)c(Cl)c2Cl)CCCCC1. The molecule has 0 N–H and O–H groups in total. The summed E-state index contributed by atoms with van der Waals surface area (Å²) in [5.74, 6) is -0.0271. The summed E-state index contributed by atoms with van der Waals surface area (Å²) >= 11 is 24.2. The molecule has 0 aliphatic heterocycles. The Kier molecular flexibility index (Phi) is 4.72. The summed E-state index contributed by atoms with van der Waals surface area (Å²) in [5, 5.41) is 0.893. The van der Waals surface area contributed by atoms with Crippen LogP contribution in [-0.2, 0) is 0 Å². The lowest BCUT2D eigenvalue weighted by Crippen LogP contribution is -2.30. The minimum atomic E-state index is -0.400. The summed E-state index contributed by atoms with van der Waals surface area (Å²) in [6, 6.07) is 1.48. The topological polar surface area (TPSA) is 17.1 Å². The van der Waals surface area contributed by atoms with Crippen molar-refractivity contribution in [3.63, 3.8) is 0 Å². The van der Waals surface area contributed by atoms with Crippen LogP contribution in [0.3, 0.4) is 0 Å². The molecule has 0 saturated heterocycles. The molecule has 0 amide bonds. The van der Waals surface area contributed by atoms with Gasteiger partial charge in [-0.15, -0.1) is 0 Å². The Bertz CT molecular complexity index is 519. The van der Waals surface area contributed by atoms with Crippen LogP contribution in [0, 0.1) is 5.41 Å². The summed E-state index contributed by atoms with van der Waals surface area (Å²) in [6.07, 6.45) is 5.00. The zero-order chi connectivity index (χ0) is 14.2. The van der Waals surface area contributed by atoms with Crippen molar-refractivity contribution in [3.05, 3.63) is 31.7 Å². The van der Waals surface area contributed by atoms with Gasteiger partial charge in [-0.3, -0.25) is 4.79 Å². The molecule has 1 saturated carbocycles. The van der Waals surface area contributed by atoms with Gasteiger partial charge in [0.1, 0.15) is 0 Å². The Labute approximate surface area is 133 Å². The number of carbonyl (C=O) groups excluding carboxylic acids is 1. The van der Waals surface area contributed by atoms with Crippen molar-refractivity contribution < 1.29 is 4.79 Å². The molecule has 0 bridgehead atoms. The quantitative estimate of drug-likeness (QED) is 0.343. The Morgan fingerprint density at radius 1 is 1.00 bits per heavy atom. The van der Waals surface area contributed by atoms with Gasteiger partial charge in [0.05, 0.1) is 25.7 Å². The van der Waals surface area contributed by atoms with Gasteiger partial charge >= 0.3 is 0 Å². The maximum Gasteiger partial charge on any atom is 0.171 e. The van der Waals surface area contributed by atoms with Crippen molar-refractivity contribution in [2.24, 2.45) is 5.41 Å². The maximum atomic E-state index is 12.8. The van der Waals surface area contributed by atoms with E-state index in [1.54, 1.807) is 0 Å². The van der Waals surface area contributed by atoms with Crippen molar-refractivity contribution in [1.29, 1.82) is 0 Å². The van der Waals surface area contributed by atoms with Gasteiger partial charge in [-0.1, -0.05) is 72.6 Å². The highest BCUT2D eigenvalue weighted by molar-refractivity contribution is 6.51. The number of hydrogen-bond acceptors (Lipinski definition) is 1. The average Bonchev–Trinajstić information content (AvgIpc) is 2.37. The van der Waals surface area contributed by atoms with E-state index >= 15 is 0 Å².